The third kappa shape index (κ3) is 5.41. The van der Waals surface area contributed by atoms with Crippen molar-refractivity contribution < 1.29 is 9.69 Å². The summed E-state index contributed by atoms with van der Waals surface area (Å²) in [6, 6.07) is 7.92. The van der Waals surface area contributed by atoms with E-state index in [0.717, 1.165) is 20.6 Å². The average Bonchev–Trinajstić information content (AvgIpc) is 2.32. The van der Waals surface area contributed by atoms with Gasteiger partial charge in [-0.15, -0.1) is 0 Å². The second-order valence-electron chi connectivity index (χ2n) is 4.88. The number of quaternary nitrogens is 1. The van der Waals surface area contributed by atoms with E-state index in [4.69, 9.17) is 5.26 Å². The summed E-state index contributed by atoms with van der Waals surface area (Å²) in [6.07, 6.45) is 0. The van der Waals surface area contributed by atoms with Crippen LogP contribution in [0.4, 0.5) is 5.69 Å². The molecule has 0 spiro atoms. The van der Waals surface area contributed by atoms with Crippen LogP contribution in [-0.4, -0.2) is 26.0 Å². The third-order valence-electron chi connectivity index (χ3n) is 2.80. The number of aryl methyl sites for hydroxylation is 1. The van der Waals surface area contributed by atoms with Crippen LogP contribution >= 0.6 is 15.9 Å². The predicted molar refractivity (Wildman–Crippen MR) is 78.9 cm³/mol. The highest BCUT2D eigenvalue weighted by Crippen LogP contribution is 2.19. The van der Waals surface area contributed by atoms with Crippen LogP contribution in [0, 0.1) is 24.2 Å². The van der Waals surface area contributed by atoms with Crippen LogP contribution in [0.3, 0.4) is 0 Å². The Morgan fingerprint density at radius 2 is 2.26 bits per heavy atom. The Labute approximate surface area is 122 Å². The molecule has 0 radical (unpaired) electrons. The minimum atomic E-state index is -0.0396. The number of nitrogens with one attached hydrogen (secondary N) is 2. The largest absolute Gasteiger partial charge is 0.329 e. The minimum Gasteiger partial charge on any atom is -0.329 e. The van der Waals surface area contributed by atoms with Crippen molar-refractivity contribution in [2.24, 2.45) is 5.92 Å². The van der Waals surface area contributed by atoms with Gasteiger partial charge in [0.2, 0.25) is 0 Å². The fraction of sp³-hybridized carbons (Fsp3) is 0.429. The van der Waals surface area contributed by atoms with Crippen molar-refractivity contribution in [3.8, 4) is 6.07 Å². The number of hydrogen-bond donors (Lipinski definition) is 2. The molecule has 2 atom stereocenters. The van der Waals surface area contributed by atoms with Crippen LogP contribution in [0.1, 0.15) is 12.5 Å². The van der Waals surface area contributed by atoms with Gasteiger partial charge in [-0.3, -0.25) is 4.79 Å². The lowest BCUT2D eigenvalue weighted by Crippen LogP contribution is -3.10. The highest BCUT2D eigenvalue weighted by atomic mass is 79.9. The maximum atomic E-state index is 11.9. The molecule has 0 aromatic heterocycles. The van der Waals surface area contributed by atoms with Gasteiger partial charge in [0.15, 0.2) is 6.54 Å². The van der Waals surface area contributed by atoms with E-state index < -0.39 is 0 Å². The second-order valence-corrected chi connectivity index (χ2v) is 5.79. The van der Waals surface area contributed by atoms with Crippen LogP contribution in [0.2, 0.25) is 0 Å². The number of halogens is 1. The number of rotatable bonds is 5. The van der Waals surface area contributed by atoms with Gasteiger partial charge in [0.25, 0.3) is 5.91 Å². The normalized spacial score (nSPS) is 13.4. The van der Waals surface area contributed by atoms with Crippen LogP contribution in [0.15, 0.2) is 22.7 Å². The molecular weight excluding hydrogens is 306 g/mol. The molecule has 0 fully saturated rings. The van der Waals surface area contributed by atoms with Crippen molar-refractivity contribution in [3.63, 3.8) is 0 Å². The molecule has 0 heterocycles. The molecule has 5 heteroatoms. The van der Waals surface area contributed by atoms with E-state index in [9.17, 15) is 4.79 Å². The number of benzene rings is 1. The smallest absolute Gasteiger partial charge is 0.279 e. The maximum absolute atomic E-state index is 11.9. The lowest BCUT2D eigenvalue weighted by Gasteiger charge is -2.15. The monoisotopic (exact) mass is 324 g/mol. The summed E-state index contributed by atoms with van der Waals surface area (Å²) in [7, 11) is 1.92. The van der Waals surface area contributed by atoms with Crippen molar-refractivity contribution in [3.05, 3.63) is 28.2 Å². The van der Waals surface area contributed by atoms with Gasteiger partial charge in [-0.1, -0.05) is 15.9 Å². The predicted octanol–water partition coefficient (Wildman–Crippen LogP) is 1.37. The molecule has 0 aliphatic rings. The van der Waals surface area contributed by atoms with E-state index in [2.05, 4.69) is 27.3 Å². The van der Waals surface area contributed by atoms with Crippen molar-refractivity contribution in [1.82, 2.24) is 0 Å². The summed E-state index contributed by atoms with van der Waals surface area (Å²) >= 11 is 3.39. The van der Waals surface area contributed by atoms with Gasteiger partial charge in [0.1, 0.15) is 0 Å². The zero-order valence-electron chi connectivity index (χ0n) is 11.5. The first kappa shape index (κ1) is 15.7. The number of likely N-dealkylation sites (N-methyl/N-ethyl adjacent to an activating group) is 1. The highest BCUT2D eigenvalue weighted by molar-refractivity contribution is 9.10. The van der Waals surface area contributed by atoms with Gasteiger partial charge in [-0.2, -0.15) is 5.26 Å². The van der Waals surface area contributed by atoms with Crippen LogP contribution in [0.25, 0.3) is 0 Å². The summed E-state index contributed by atoms with van der Waals surface area (Å²) in [4.78, 5) is 12.9. The van der Waals surface area contributed by atoms with Crippen molar-refractivity contribution in [2.75, 3.05) is 25.5 Å². The number of anilines is 1. The van der Waals surface area contributed by atoms with Crippen LogP contribution in [0.5, 0.6) is 0 Å². The fourth-order valence-corrected chi connectivity index (χ4v) is 2.35. The lowest BCUT2D eigenvalue weighted by atomic mass is 10.2. The number of nitrogens with zero attached hydrogens (tertiary/aromatic N) is 1. The van der Waals surface area contributed by atoms with Gasteiger partial charge in [0.05, 0.1) is 25.6 Å². The van der Waals surface area contributed by atoms with E-state index in [-0.39, 0.29) is 11.8 Å². The molecular formula is C14H19BrN3O+. The number of carbonyl (C=O) groups is 1. The molecule has 0 aliphatic carbocycles. The van der Waals surface area contributed by atoms with E-state index in [1.807, 2.05) is 39.1 Å². The quantitative estimate of drug-likeness (QED) is 0.859. The first-order valence-corrected chi connectivity index (χ1v) is 6.98. The van der Waals surface area contributed by atoms with Gasteiger partial charge in [-0.05, 0) is 37.6 Å². The molecule has 0 aliphatic heterocycles. The molecule has 0 saturated carbocycles. The molecule has 1 unspecified atom stereocenters. The lowest BCUT2D eigenvalue weighted by molar-refractivity contribution is -0.873. The highest BCUT2D eigenvalue weighted by Gasteiger charge is 2.14. The molecule has 1 amide bonds. The van der Waals surface area contributed by atoms with Crippen molar-refractivity contribution >= 4 is 27.5 Å². The van der Waals surface area contributed by atoms with E-state index in [0.29, 0.717) is 13.1 Å². The third-order valence-corrected chi connectivity index (χ3v) is 3.29. The Kier molecular flexibility index (Phi) is 6.00. The van der Waals surface area contributed by atoms with Crippen LogP contribution in [-0.2, 0) is 4.79 Å². The fourth-order valence-electron chi connectivity index (χ4n) is 1.88. The van der Waals surface area contributed by atoms with Gasteiger partial charge in [0, 0.05) is 10.2 Å². The van der Waals surface area contributed by atoms with Gasteiger partial charge >= 0.3 is 0 Å². The van der Waals surface area contributed by atoms with Gasteiger partial charge < -0.3 is 10.2 Å². The summed E-state index contributed by atoms with van der Waals surface area (Å²) in [5.74, 6) is -0.0738. The van der Waals surface area contributed by atoms with Crippen molar-refractivity contribution in [2.45, 2.75) is 13.8 Å². The number of carbonyl (C=O) groups excluding carboxylic acids is 1. The molecule has 1 aromatic carbocycles. The van der Waals surface area contributed by atoms with E-state index >= 15 is 0 Å². The summed E-state index contributed by atoms with van der Waals surface area (Å²) in [5.41, 5.74) is 1.85. The van der Waals surface area contributed by atoms with Crippen molar-refractivity contribution in [1.29, 1.82) is 5.26 Å². The average molecular weight is 325 g/mol. The Morgan fingerprint density at radius 3 is 2.84 bits per heavy atom. The molecule has 0 bridgehead atoms. The minimum absolute atomic E-state index is 0.0342. The summed E-state index contributed by atoms with van der Waals surface area (Å²) in [6.45, 7) is 4.85. The summed E-state index contributed by atoms with van der Waals surface area (Å²) < 4.78 is 0.994. The molecule has 4 nitrogen and oxygen atoms in total. The summed E-state index contributed by atoms with van der Waals surface area (Å²) in [5, 5.41) is 11.6. The Balaban J connectivity index is 2.54. The Morgan fingerprint density at radius 1 is 1.58 bits per heavy atom. The zero-order chi connectivity index (χ0) is 14.4. The van der Waals surface area contributed by atoms with Crippen LogP contribution < -0.4 is 10.2 Å². The first-order valence-electron chi connectivity index (χ1n) is 6.19. The molecule has 19 heavy (non-hydrogen) atoms. The van der Waals surface area contributed by atoms with E-state index in [1.165, 1.54) is 0 Å². The SMILES string of the molecule is Cc1cc(Br)ccc1NC(=O)C[NH+](C)C[C@@H](C)C#N. The second kappa shape index (κ2) is 7.27. The zero-order valence-corrected chi connectivity index (χ0v) is 13.0. The number of nitriles is 1. The number of amides is 1. The topological polar surface area (TPSA) is 57.3 Å². The molecule has 1 rings (SSSR count). The van der Waals surface area contributed by atoms with Gasteiger partial charge in [-0.25, -0.2) is 0 Å². The maximum Gasteiger partial charge on any atom is 0.279 e. The standard InChI is InChI=1S/C14H18BrN3O/c1-10(7-16)8-18(3)9-14(19)17-13-5-4-12(15)6-11(13)2/h4-6,10H,8-9H2,1-3H3,(H,17,19)/p+1/t10-/m0/s1. The molecule has 1 aromatic rings. The number of hydrogen-bond acceptors (Lipinski definition) is 2. The molecule has 0 saturated heterocycles. The first-order chi connectivity index (χ1) is 8.92. The Bertz CT molecular complexity index is 496. The Hall–Kier alpha value is -1.38. The molecule has 2 N–H and O–H groups in total. The van der Waals surface area contributed by atoms with E-state index in [1.54, 1.807) is 0 Å². The molecule has 102 valence electrons.